The summed E-state index contributed by atoms with van der Waals surface area (Å²) < 4.78 is 27.9. The molecule has 0 aliphatic heterocycles. The second-order valence-corrected chi connectivity index (χ2v) is 9.00. The van der Waals surface area contributed by atoms with Gasteiger partial charge < -0.3 is 23.4 Å². The SMILES string of the molecule is COC(=O)C[C@H](c1ccc(OC)c2ccccc12)c1c(OC)ccc2c(=O)c(-c3ccc(OC)cc3)coc12. The van der Waals surface area contributed by atoms with Gasteiger partial charge in [0.2, 0.25) is 5.43 Å². The van der Waals surface area contributed by atoms with Gasteiger partial charge >= 0.3 is 5.97 Å². The van der Waals surface area contributed by atoms with Crippen LogP contribution < -0.4 is 19.6 Å². The molecule has 0 radical (unpaired) electrons. The van der Waals surface area contributed by atoms with Gasteiger partial charge in [0.1, 0.15) is 29.1 Å². The van der Waals surface area contributed by atoms with Crippen LogP contribution in [0.4, 0.5) is 0 Å². The maximum atomic E-state index is 13.7. The zero-order valence-corrected chi connectivity index (χ0v) is 22.1. The Bertz CT molecular complexity index is 1720. The normalized spacial score (nSPS) is 11.8. The summed E-state index contributed by atoms with van der Waals surface area (Å²) in [4.78, 5) is 26.5. The summed E-state index contributed by atoms with van der Waals surface area (Å²) in [6.45, 7) is 0. The van der Waals surface area contributed by atoms with E-state index in [9.17, 15) is 9.59 Å². The van der Waals surface area contributed by atoms with Gasteiger partial charge in [-0.05, 0) is 46.8 Å². The molecule has 198 valence electrons. The summed E-state index contributed by atoms with van der Waals surface area (Å²) >= 11 is 0. The Hall–Kier alpha value is -4.78. The molecule has 5 aromatic rings. The van der Waals surface area contributed by atoms with Crippen LogP contribution in [-0.4, -0.2) is 34.4 Å². The fraction of sp³-hybridized carbons (Fsp3) is 0.188. The molecule has 0 N–H and O–H groups in total. The molecule has 0 unspecified atom stereocenters. The lowest BCUT2D eigenvalue weighted by Gasteiger charge is -2.23. The molecule has 0 spiro atoms. The van der Waals surface area contributed by atoms with E-state index in [4.69, 9.17) is 23.4 Å². The lowest BCUT2D eigenvalue weighted by molar-refractivity contribution is -0.140. The third kappa shape index (κ3) is 4.68. The van der Waals surface area contributed by atoms with E-state index in [1.807, 2.05) is 48.5 Å². The molecule has 0 aliphatic rings. The maximum Gasteiger partial charge on any atom is 0.306 e. The molecule has 0 bridgehead atoms. The number of ether oxygens (including phenoxy) is 4. The number of benzene rings is 4. The number of hydrogen-bond donors (Lipinski definition) is 0. The third-order valence-corrected chi connectivity index (χ3v) is 7.02. The Kier molecular flexibility index (Phi) is 7.23. The zero-order valence-electron chi connectivity index (χ0n) is 22.1. The van der Waals surface area contributed by atoms with E-state index in [2.05, 4.69) is 0 Å². The molecule has 1 heterocycles. The van der Waals surface area contributed by atoms with E-state index >= 15 is 0 Å². The first-order valence-corrected chi connectivity index (χ1v) is 12.4. The number of carbonyl (C=O) groups excluding carboxylic acids is 1. The van der Waals surface area contributed by atoms with E-state index < -0.39 is 11.9 Å². The number of carbonyl (C=O) groups is 1. The Morgan fingerprint density at radius 3 is 2.13 bits per heavy atom. The van der Waals surface area contributed by atoms with Gasteiger partial charge in [-0.1, -0.05) is 42.5 Å². The van der Waals surface area contributed by atoms with Crippen LogP contribution in [0.3, 0.4) is 0 Å². The minimum Gasteiger partial charge on any atom is -0.497 e. The van der Waals surface area contributed by atoms with Gasteiger partial charge in [-0.15, -0.1) is 0 Å². The molecular formula is C32H28O7. The van der Waals surface area contributed by atoms with Crippen molar-refractivity contribution in [3.05, 3.63) is 100 Å². The largest absolute Gasteiger partial charge is 0.497 e. The highest BCUT2D eigenvalue weighted by molar-refractivity contribution is 5.94. The zero-order chi connectivity index (χ0) is 27.5. The molecule has 0 fully saturated rings. The van der Waals surface area contributed by atoms with Gasteiger partial charge in [-0.25, -0.2) is 0 Å². The first kappa shape index (κ1) is 25.9. The Balaban J connectivity index is 1.78. The Morgan fingerprint density at radius 1 is 0.769 bits per heavy atom. The average Bonchev–Trinajstić information content (AvgIpc) is 2.99. The molecule has 7 nitrogen and oxygen atoms in total. The van der Waals surface area contributed by atoms with Gasteiger partial charge in [0.05, 0.1) is 45.8 Å². The standard InChI is InChI=1S/C32H28O7/c1-35-20-11-9-19(10-12-20)26-18-39-32-24(31(26)34)14-16-28(37-3)30(32)25(17-29(33)38-4)22-13-15-27(36-2)23-8-6-5-7-21(22)23/h5-16,18,25H,17H2,1-4H3/t25-/m1/s1. The van der Waals surface area contributed by atoms with Gasteiger partial charge in [-0.3, -0.25) is 9.59 Å². The second kappa shape index (κ2) is 10.9. The number of esters is 1. The monoisotopic (exact) mass is 524 g/mol. The third-order valence-electron chi connectivity index (χ3n) is 7.02. The van der Waals surface area contributed by atoms with E-state index in [0.29, 0.717) is 44.9 Å². The van der Waals surface area contributed by atoms with Crippen LogP contribution in [0, 0.1) is 0 Å². The summed E-state index contributed by atoms with van der Waals surface area (Å²) in [7, 11) is 6.12. The van der Waals surface area contributed by atoms with Crippen molar-refractivity contribution in [2.45, 2.75) is 12.3 Å². The van der Waals surface area contributed by atoms with Crippen molar-refractivity contribution in [1.82, 2.24) is 0 Å². The fourth-order valence-electron chi connectivity index (χ4n) is 5.08. The van der Waals surface area contributed by atoms with Gasteiger partial charge in [0, 0.05) is 16.9 Å². The molecule has 0 amide bonds. The molecule has 0 saturated carbocycles. The average molecular weight is 525 g/mol. The molecule has 4 aromatic carbocycles. The summed E-state index contributed by atoms with van der Waals surface area (Å²) in [6.07, 6.45) is 1.46. The lowest BCUT2D eigenvalue weighted by atomic mass is 9.83. The van der Waals surface area contributed by atoms with E-state index in [1.165, 1.54) is 13.4 Å². The second-order valence-electron chi connectivity index (χ2n) is 9.00. The molecule has 39 heavy (non-hydrogen) atoms. The van der Waals surface area contributed by atoms with Crippen LogP contribution in [0.2, 0.25) is 0 Å². The maximum absolute atomic E-state index is 13.7. The summed E-state index contributed by atoms with van der Waals surface area (Å²) in [5.74, 6) is 0.953. The molecule has 0 saturated heterocycles. The van der Waals surface area contributed by atoms with Gasteiger partial charge in [0.15, 0.2) is 0 Å². The molecule has 5 rings (SSSR count). The minimum atomic E-state index is -0.540. The molecular weight excluding hydrogens is 496 g/mol. The van der Waals surface area contributed by atoms with E-state index in [1.54, 1.807) is 45.6 Å². The van der Waals surface area contributed by atoms with Crippen molar-refractivity contribution in [2.24, 2.45) is 0 Å². The van der Waals surface area contributed by atoms with Crippen LogP contribution in [0.1, 0.15) is 23.5 Å². The van der Waals surface area contributed by atoms with Crippen molar-refractivity contribution < 1.29 is 28.2 Å². The van der Waals surface area contributed by atoms with E-state index in [0.717, 1.165) is 16.3 Å². The first-order valence-electron chi connectivity index (χ1n) is 12.4. The van der Waals surface area contributed by atoms with Crippen molar-refractivity contribution in [2.75, 3.05) is 28.4 Å². The van der Waals surface area contributed by atoms with Crippen molar-refractivity contribution in [3.63, 3.8) is 0 Å². The van der Waals surface area contributed by atoms with Crippen LogP contribution in [-0.2, 0) is 9.53 Å². The molecule has 0 aliphatic carbocycles. The highest BCUT2D eigenvalue weighted by atomic mass is 16.5. The van der Waals surface area contributed by atoms with Crippen LogP contribution in [0.5, 0.6) is 17.2 Å². The Labute approximate surface area is 225 Å². The molecule has 1 atom stereocenters. The number of rotatable bonds is 8. The number of methoxy groups -OCH3 is 4. The highest BCUT2D eigenvalue weighted by Gasteiger charge is 2.29. The fourth-order valence-corrected chi connectivity index (χ4v) is 5.08. The summed E-state index contributed by atoms with van der Waals surface area (Å²) in [5.41, 5.74) is 2.72. The minimum absolute atomic E-state index is 0.00619. The lowest BCUT2D eigenvalue weighted by Crippen LogP contribution is -2.14. The predicted octanol–water partition coefficient (Wildman–Crippen LogP) is 6.33. The van der Waals surface area contributed by atoms with Crippen molar-refractivity contribution >= 4 is 27.7 Å². The van der Waals surface area contributed by atoms with Crippen LogP contribution in [0.15, 0.2) is 88.3 Å². The van der Waals surface area contributed by atoms with Gasteiger partial charge in [-0.2, -0.15) is 0 Å². The van der Waals surface area contributed by atoms with Crippen LogP contribution >= 0.6 is 0 Å². The highest BCUT2D eigenvalue weighted by Crippen LogP contribution is 2.43. The summed E-state index contributed by atoms with van der Waals surface area (Å²) in [5, 5.41) is 2.18. The van der Waals surface area contributed by atoms with Crippen molar-refractivity contribution in [1.29, 1.82) is 0 Å². The molecule has 7 heteroatoms. The molecule has 1 aromatic heterocycles. The predicted molar refractivity (Wildman–Crippen MR) is 150 cm³/mol. The Morgan fingerprint density at radius 2 is 1.46 bits per heavy atom. The quantitative estimate of drug-likeness (QED) is 0.219. The number of hydrogen-bond acceptors (Lipinski definition) is 7. The van der Waals surface area contributed by atoms with Gasteiger partial charge in [0.25, 0.3) is 0 Å². The smallest absolute Gasteiger partial charge is 0.306 e. The van der Waals surface area contributed by atoms with Crippen molar-refractivity contribution in [3.8, 4) is 28.4 Å². The first-order chi connectivity index (χ1) is 19.0. The number of fused-ring (bicyclic) bond motifs is 2. The van der Waals surface area contributed by atoms with Crippen LogP contribution in [0.25, 0.3) is 32.9 Å². The van der Waals surface area contributed by atoms with E-state index in [-0.39, 0.29) is 11.8 Å². The summed E-state index contributed by atoms with van der Waals surface area (Å²) in [6, 6.07) is 22.2. The topological polar surface area (TPSA) is 84.2 Å².